The SMILES string of the molecule is Cc1noc(C)c1C(=O)NC1CCCN(c2cccnc2)C1=O. The van der Waals surface area contributed by atoms with Gasteiger partial charge in [-0.1, -0.05) is 5.16 Å². The van der Waals surface area contributed by atoms with E-state index in [2.05, 4.69) is 15.5 Å². The zero-order valence-electron chi connectivity index (χ0n) is 13.1. The molecule has 0 aromatic carbocycles. The molecule has 2 aromatic heterocycles. The third-order valence-corrected chi connectivity index (χ3v) is 3.96. The Morgan fingerprint density at radius 1 is 1.43 bits per heavy atom. The molecule has 0 spiro atoms. The Balaban J connectivity index is 1.76. The first-order valence-electron chi connectivity index (χ1n) is 7.53. The lowest BCUT2D eigenvalue weighted by Crippen LogP contribution is -2.52. The fourth-order valence-corrected chi connectivity index (χ4v) is 2.82. The van der Waals surface area contributed by atoms with Gasteiger partial charge < -0.3 is 14.7 Å². The number of anilines is 1. The van der Waals surface area contributed by atoms with Crippen molar-refractivity contribution in [3.8, 4) is 0 Å². The molecule has 1 atom stereocenters. The van der Waals surface area contributed by atoms with Gasteiger partial charge >= 0.3 is 0 Å². The van der Waals surface area contributed by atoms with Crippen LogP contribution in [-0.4, -0.2) is 34.5 Å². The summed E-state index contributed by atoms with van der Waals surface area (Å²) in [4.78, 5) is 30.8. The second kappa shape index (κ2) is 6.20. The monoisotopic (exact) mass is 314 g/mol. The molecule has 0 bridgehead atoms. The number of carbonyl (C=O) groups excluding carboxylic acids is 2. The summed E-state index contributed by atoms with van der Waals surface area (Å²) >= 11 is 0. The Bertz CT molecular complexity index is 707. The Morgan fingerprint density at radius 3 is 2.91 bits per heavy atom. The van der Waals surface area contributed by atoms with Crippen LogP contribution >= 0.6 is 0 Å². The maximum atomic E-state index is 12.6. The number of amides is 2. The van der Waals surface area contributed by atoms with Gasteiger partial charge in [0.2, 0.25) is 5.91 Å². The quantitative estimate of drug-likeness (QED) is 0.930. The van der Waals surface area contributed by atoms with Gasteiger partial charge in [0.25, 0.3) is 5.91 Å². The van der Waals surface area contributed by atoms with Crippen molar-refractivity contribution in [1.29, 1.82) is 0 Å². The van der Waals surface area contributed by atoms with E-state index in [1.807, 2.05) is 6.07 Å². The van der Waals surface area contributed by atoms with Crippen LogP contribution in [0.5, 0.6) is 0 Å². The molecule has 2 amide bonds. The van der Waals surface area contributed by atoms with E-state index in [0.29, 0.717) is 30.0 Å². The summed E-state index contributed by atoms with van der Waals surface area (Å²) < 4.78 is 5.01. The van der Waals surface area contributed by atoms with Crippen LogP contribution in [0.3, 0.4) is 0 Å². The lowest BCUT2D eigenvalue weighted by Gasteiger charge is -2.32. The number of nitrogens with zero attached hydrogens (tertiary/aromatic N) is 3. The number of carbonyl (C=O) groups is 2. The smallest absolute Gasteiger partial charge is 0.257 e. The van der Waals surface area contributed by atoms with E-state index >= 15 is 0 Å². The highest BCUT2D eigenvalue weighted by Crippen LogP contribution is 2.21. The highest BCUT2D eigenvalue weighted by molar-refractivity contribution is 6.03. The van der Waals surface area contributed by atoms with Crippen molar-refractivity contribution in [2.75, 3.05) is 11.4 Å². The number of pyridine rings is 1. The zero-order valence-corrected chi connectivity index (χ0v) is 13.1. The number of aryl methyl sites for hydroxylation is 2. The first-order valence-corrected chi connectivity index (χ1v) is 7.53. The minimum Gasteiger partial charge on any atom is -0.361 e. The van der Waals surface area contributed by atoms with E-state index in [0.717, 1.165) is 12.1 Å². The predicted molar refractivity (Wildman–Crippen MR) is 83.1 cm³/mol. The van der Waals surface area contributed by atoms with Gasteiger partial charge in [0, 0.05) is 12.7 Å². The Labute approximate surface area is 133 Å². The average molecular weight is 314 g/mol. The molecule has 7 nitrogen and oxygen atoms in total. The van der Waals surface area contributed by atoms with E-state index < -0.39 is 6.04 Å². The number of hydrogen-bond donors (Lipinski definition) is 1. The lowest BCUT2D eigenvalue weighted by molar-refractivity contribution is -0.121. The summed E-state index contributed by atoms with van der Waals surface area (Å²) in [5.41, 5.74) is 1.66. The van der Waals surface area contributed by atoms with Crippen LogP contribution in [-0.2, 0) is 4.79 Å². The average Bonchev–Trinajstić information content (AvgIpc) is 2.89. The number of aromatic nitrogens is 2. The maximum Gasteiger partial charge on any atom is 0.257 e. The fourth-order valence-electron chi connectivity index (χ4n) is 2.82. The molecule has 2 aromatic rings. The molecule has 1 saturated heterocycles. The standard InChI is InChI=1S/C16H18N4O3/c1-10-14(11(2)23-19-10)15(21)18-13-6-4-8-20(16(13)22)12-5-3-7-17-9-12/h3,5,7,9,13H,4,6,8H2,1-2H3,(H,18,21). The van der Waals surface area contributed by atoms with Gasteiger partial charge in [0.05, 0.1) is 17.6 Å². The van der Waals surface area contributed by atoms with Crippen molar-refractivity contribution in [3.05, 3.63) is 41.5 Å². The van der Waals surface area contributed by atoms with Gasteiger partial charge in [-0.2, -0.15) is 0 Å². The number of hydrogen-bond acceptors (Lipinski definition) is 5. The van der Waals surface area contributed by atoms with Crippen LogP contribution in [0.15, 0.2) is 29.0 Å². The predicted octanol–water partition coefficient (Wildman–Crippen LogP) is 1.61. The first kappa shape index (κ1) is 15.2. The topological polar surface area (TPSA) is 88.3 Å². The summed E-state index contributed by atoms with van der Waals surface area (Å²) in [6.45, 7) is 4.01. The van der Waals surface area contributed by atoms with Crippen LogP contribution in [0.1, 0.15) is 34.7 Å². The summed E-state index contributed by atoms with van der Waals surface area (Å²) in [7, 11) is 0. The summed E-state index contributed by atoms with van der Waals surface area (Å²) in [5, 5.41) is 6.57. The van der Waals surface area contributed by atoms with Gasteiger partial charge in [0.1, 0.15) is 17.4 Å². The Hall–Kier alpha value is -2.70. The van der Waals surface area contributed by atoms with Crippen molar-refractivity contribution in [2.24, 2.45) is 0 Å². The number of rotatable bonds is 3. The van der Waals surface area contributed by atoms with Gasteiger partial charge in [-0.15, -0.1) is 0 Å². The highest BCUT2D eigenvalue weighted by Gasteiger charge is 2.32. The van der Waals surface area contributed by atoms with Gasteiger partial charge in [-0.3, -0.25) is 14.6 Å². The minimum atomic E-state index is -0.551. The summed E-state index contributed by atoms with van der Waals surface area (Å²) in [6, 6.07) is 3.07. The van der Waals surface area contributed by atoms with Crippen LogP contribution in [0.2, 0.25) is 0 Å². The van der Waals surface area contributed by atoms with Crippen molar-refractivity contribution in [3.63, 3.8) is 0 Å². The molecular weight excluding hydrogens is 296 g/mol. The van der Waals surface area contributed by atoms with Crippen molar-refractivity contribution < 1.29 is 14.1 Å². The van der Waals surface area contributed by atoms with Gasteiger partial charge in [0.15, 0.2) is 0 Å². The number of nitrogens with one attached hydrogen (secondary N) is 1. The van der Waals surface area contributed by atoms with Gasteiger partial charge in [-0.05, 0) is 38.8 Å². The van der Waals surface area contributed by atoms with Crippen molar-refractivity contribution in [2.45, 2.75) is 32.7 Å². The largest absolute Gasteiger partial charge is 0.361 e. The second-order valence-corrected chi connectivity index (χ2v) is 5.57. The third-order valence-electron chi connectivity index (χ3n) is 3.96. The molecule has 7 heteroatoms. The molecular formula is C16H18N4O3. The molecule has 0 saturated carbocycles. The second-order valence-electron chi connectivity index (χ2n) is 5.57. The van der Waals surface area contributed by atoms with Crippen LogP contribution in [0.4, 0.5) is 5.69 Å². The summed E-state index contributed by atoms with van der Waals surface area (Å²) in [6.07, 6.45) is 4.74. The van der Waals surface area contributed by atoms with Crippen LogP contribution in [0.25, 0.3) is 0 Å². The normalized spacial score (nSPS) is 18.1. The lowest BCUT2D eigenvalue weighted by atomic mass is 10.0. The van der Waals surface area contributed by atoms with E-state index in [1.54, 1.807) is 37.2 Å². The molecule has 1 aliphatic heterocycles. The van der Waals surface area contributed by atoms with Gasteiger partial charge in [-0.25, -0.2) is 0 Å². The van der Waals surface area contributed by atoms with E-state index in [-0.39, 0.29) is 11.8 Å². The van der Waals surface area contributed by atoms with E-state index in [4.69, 9.17) is 4.52 Å². The molecule has 0 aliphatic carbocycles. The molecule has 3 rings (SSSR count). The Morgan fingerprint density at radius 2 is 2.26 bits per heavy atom. The highest BCUT2D eigenvalue weighted by atomic mass is 16.5. The summed E-state index contributed by atoms with van der Waals surface area (Å²) in [5.74, 6) is 0.00405. The van der Waals surface area contributed by atoms with Crippen LogP contribution in [0, 0.1) is 13.8 Å². The van der Waals surface area contributed by atoms with Crippen molar-refractivity contribution >= 4 is 17.5 Å². The molecule has 23 heavy (non-hydrogen) atoms. The minimum absolute atomic E-state index is 0.121. The first-order chi connectivity index (χ1) is 11.1. The Kier molecular flexibility index (Phi) is 4.10. The molecule has 120 valence electrons. The molecule has 1 fully saturated rings. The molecule has 0 radical (unpaired) electrons. The number of piperidine rings is 1. The molecule has 1 unspecified atom stereocenters. The molecule has 3 heterocycles. The zero-order chi connectivity index (χ0) is 16.4. The molecule has 1 aliphatic rings. The van der Waals surface area contributed by atoms with E-state index in [9.17, 15) is 9.59 Å². The van der Waals surface area contributed by atoms with E-state index in [1.165, 1.54) is 0 Å². The van der Waals surface area contributed by atoms with Crippen molar-refractivity contribution in [1.82, 2.24) is 15.5 Å². The fraction of sp³-hybridized carbons (Fsp3) is 0.375. The maximum absolute atomic E-state index is 12.6. The molecule has 1 N–H and O–H groups in total. The van der Waals surface area contributed by atoms with Crippen LogP contribution < -0.4 is 10.2 Å². The third kappa shape index (κ3) is 2.94.